The Kier molecular flexibility index (Phi) is 2.24. The molecule has 1 nitrogen and oxygen atoms in total. The van der Waals surface area contributed by atoms with Crippen molar-refractivity contribution in [3.63, 3.8) is 0 Å². The van der Waals surface area contributed by atoms with Crippen LogP contribution in [-0.2, 0) is 5.41 Å². The third kappa shape index (κ3) is 1.74. The number of rotatable bonds is 0. The van der Waals surface area contributed by atoms with E-state index in [1.54, 1.807) is 0 Å². The monoisotopic (exact) mass is 224 g/mol. The highest BCUT2D eigenvalue weighted by Crippen LogP contribution is 2.28. The molecule has 0 amide bonds. The molecule has 3 heteroatoms. The lowest BCUT2D eigenvalue weighted by Crippen LogP contribution is -2.10. The fourth-order valence-corrected chi connectivity index (χ4v) is 3.30. The first-order valence-corrected chi connectivity index (χ1v) is 6.14. The van der Waals surface area contributed by atoms with E-state index in [1.807, 2.05) is 0 Å². The van der Waals surface area contributed by atoms with E-state index in [0.717, 1.165) is 9.40 Å². The van der Waals surface area contributed by atoms with Gasteiger partial charge in [-0.2, -0.15) is 0 Å². The highest BCUT2D eigenvalue weighted by Gasteiger charge is 2.14. The molecular weight excluding hydrogens is 212 g/mol. The maximum Gasteiger partial charge on any atom is 0.288 e. The van der Waals surface area contributed by atoms with Gasteiger partial charge in [-0.25, -0.2) is 0 Å². The molecule has 2 aromatic rings. The average molecular weight is 224 g/mol. The molecule has 0 aliphatic rings. The molecule has 1 aromatic carbocycles. The number of benzene rings is 1. The Hall–Kier alpha value is -0.670. The van der Waals surface area contributed by atoms with Gasteiger partial charge in [0.1, 0.15) is 0 Å². The molecule has 0 aliphatic heterocycles. The molecule has 0 atom stereocenters. The first-order valence-electron chi connectivity index (χ1n) is 4.51. The predicted octanol–water partition coefficient (Wildman–Crippen LogP) is 3.62. The second-order valence-electron chi connectivity index (χ2n) is 4.37. The van der Waals surface area contributed by atoms with Crippen molar-refractivity contribution in [3.8, 4) is 0 Å². The average Bonchev–Trinajstić information content (AvgIpc) is 2.41. The van der Waals surface area contributed by atoms with Crippen LogP contribution in [0.1, 0.15) is 26.3 Å². The number of hydrogen-bond acceptors (Lipinski definition) is 3. The van der Waals surface area contributed by atoms with Gasteiger partial charge in [-0.1, -0.05) is 49.5 Å². The van der Waals surface area contributed by atoms with Gasteiger partial charge in [-0.05, 0) is 23.1 Å². The predicted molar refractivity (Wildman–Crippen MR) is 64.7 cm³/mol. The van der Waals surface area contributed by atoms with Gasteiger partial charge >= 0.3 is 0 Å². The summed E-state index contributed by atoms with van der Waals surface area (Å²) in [4.78, 5) is 11.2. The van der Waals surface area contributed by atoms with Gasteiger partial charge in [0.25, 0.3) is 4.06 Å². The molecule has 0 N–H and O–H groups in total. The fourth-order valence-electron chi connectivity index (χ4n) is 1.34. The Morgan fingerprint density at radius 2 is 1.71 bits per heavy atom. The fraction of sp³-hybridized carbons (Fsp3) is 0.364. The van der Waals surface area contributed by atoms with E-state index in [-0.39, 0.29) is 9.47 Å². The maximum absolute atomic E-state index is 11.2. The molecule has 2 rings (SSSR count). The van der Waals surface area contributed by atoms with Crippen molar-refractivity contribution in [2.75, 3.05) is 0 Å². The van der Waals surface area contributed by atoms with Crippen LogP contribution in [0.3, 0.4) is 0 Å². The Labute approximate surface area is 91.0 Å². The third-order valence-corrected chi connectivity index (χ3v) is 4.29. The molecular formula is C11H12OS2. The van der Waals surface area contributed by atoms with E-state index in [1.165, 1.54) is 28.2 Å². The van der Waals surface area contributed by atoms with Gasteiger partial charge < -0.3 is 0 Å². The highest BCUT2D eigenvalue weighted by molar-refractivity contribution is 7.35. The van der Waals surface area contributed by atoms with E-state index in [4.69, 9.17) is 0 Å². The van der Waals surface area contributed by atoms with Crippen LogP contribution in [0.2, 0.25) is 0 Å². The van der Waals surface area contributed by atoms with E-state index in [9.17, 15) is 4.79 Å². The quantitative estimate of drug-likeness (QED) is 0.668. The summed E-state index contributed by atoms with van der Waals surface area (Å²) in [5.74, 6) is 0. The standard InChI is InChI=1S/C11H12OS2/c1-11(2,3)7-4-5-8-9(6-7)14-10(12)13-8/h4-6H,1-3H3. The highest BCUT2D eigenvalue weighted by atomic mass is 32.2. The van der Waals surface area contributed by atoms with Crippen LogP contribution >= 0.6 is 22.7 Å². The second-order valence-corrected chi connectivity index (χ2v) is 6.65. The van der Waals surface area contributed by atoms with Crippen LogP contribution in [0, 0.1) is 0 Å². The summed E-state index contributed by atoms with van der Waals surface area (Å²) in [6, 6.07) is 6.31. The van der Waals surface area contributed by atoms with Crippen LogP contribution in [-0.4, -0.2) is 0 Å². The zero-order valence-corrected chi connectivity index (χ0v) is 10.1. The zero-order chi connectivity index (χ0) is 10.3. The molecule has 0 saturated heterocycles. The second kappa shape index (κ2) is 3.17. The third-order valence-electron chi connectivity index (χ3n) is 2.20. The van der Waals surface area contributed by atoms with Crippen LogP contribution in [0.4, 0.5) is 0 Å². The number of hydrogen-bond donors (Lipinski definition) is 0. The maximum atomic E-state index is 11.2. The molecule has 0 radical (unpaired) electrons. The molecule has 0 bridgehead atoms. The lowest BCUT2D eigenvalue weighted by Gasteiger charge is -2.18. The van der Waals surface area contributed by atoms with Gasteiger partial charge in [0.15, 0.2) is 0 Å². The molecule has 74 valence electrons. The van der Waals surface area contributed by atoms with Crippen molar-refractivity contribution in [1.29, 1.82) is 0 Å². The molecule has 14 heavy (non-hydrogen) atoms. The summed E-state index contributed by atoms with van der Waals surface area (Å²) in [5, 5.41) is 0. The van der Waals surface area contributed by atoms with Crippen molar-refractivity contribution < 1.29 is 0 Å². The first-order chi connectivity index (χ1) is 6.47. The molecule has 0 spiro atoms. The molecule has 0 unspecified atom stereocenters. The summed E-state index contributed by atoms with van der Waals surface area (Å²) >= 11 is 2.68. The minimum Gasteiger partial charge on any atom is -0.265 e. The Morgan fingerprint density at radius 3 is 2.36 bits per heavy atom. The summed E-state index contributed by atoms with van der Waals surface area (Å²) in [5.41, 5.74) is 1.45. The van der Waals surface area contributed by atoms with Crippen LogP contribution in [0.25, 0.3) is 9.40 Å². The first kappa shape index (κ1) is 9.87. The van der Waals surface area contributed by atoms with Gasteiger partial charge in [0.2, 0.25) is 0 Å². The van der Waals surface area contributed by atoms with Crippen molar-refractivity contribution in [2.45, 2.75) is 26.2 Å². The molecule has 0 saturated carbocycles. The van der Waals surface area contributed by atoms with Crippen LogP contribution in [0.15, 0.2) is 23.0 Å². The van der Waals surface area contributed by atoms with Gasteiger partial charge in [-0.15, -0.1) is 0 Å². The Balaban J connectivity index is 2.67. The Morgan fingerprint density at radius 1 is 1.07 bits per heavy atom. The Bertz CT molecular complexity index is 514. The smallest absolute Gasteiger partial charge is 0.265 e. The molecule has 0 fully saturated rings. The van der Waals surface area contributed by atoms with E-state index in [0.29, 0.717) is 0 Å². The van der Waals surface area contributed by atoms with Gasteiger partial charge in [0, 0.05) is 9.40 Å². The summed E-state index contributed by atoms with van der Waals surface area (Å²) in [6.45, 7) is 6.55. The van der Waals surface area contributed by atoms with E-state index in [2.05, 4.69) is 39.0 Å². The summed E-state index contributed by atoms with van der Waals surface area (Å²) in [7, 11) is 0. The number of fused-ring (bicyclic) bond motifs is 1. The van der Waals surface area contributed by atoms with Crippen LogP contribution in [0.5, 0.6) is 0 Å². The normalized spacial score (nSPS) is 12.2. The van der Waals surface area contributed by atoms with Crippen molar-refractivity contribution in [2.24, 2.45) is 0 Å². The van der Waals surface area contributed by atoms with E-state index >= 15 is 0 Å². The minimum atomic E-state index is 0.159. The zero-order valence-electron chi connectivity index (χ0n) is 8.46. The molecule has 0 aliphatic carbocycles. The van der Waals surface area contributed by atoms with Crippen LogP contribution < -0.4 is 4.06 Å². The topological polar surface area (TPSA) is 17.1 Å². The largest absolute Gasteiger partial charge is 0.288 e. The molecule has 1 heterocycles. The summed E-state index contributed by atoms with van der Waals surface area (Å²) in [6.07, 6.45) is 0. The van der Waals surface area contributed by atoms with Crippen molar-refractivity contribution in [1.82, 2.24) is 0 Å². The van der Waals surface area contributed by atoms with Crippen molar-refractivity contribution in [3.05, 3.63) is 32.6 Å². The lowest BCUT2D eigenvalue weighted by atomic mass is 9.87. The van der Waals surface area contributed by atoms with Gasteiger partial charge in [-0.3, -0.25) is 4.79 Å². The van der Waals surface area contributed by atoms with E-state index < -0.39 is 0 Å². The van der Waals surface area contributed by atoms with Gasteiger partial charge in [0.05, 0.1) is 0 Å². The lowest BCUT2D eigenvalue weighted by molar-refractivity contribution is 0.591. The SMILES string of the molecule is CC(C)(C)c1ccc2sc(=O)sc2c1. The van der Waals surface area contributed by atoms with Crippen molar-refractivity contribution >= 4 is 32.1 Å². The minimum absolute atomic E-state index is 0.159. The summed E-state index contributed by atoms with van der Waals surface area (Å²) < 4.78 is 2.41. The molecule has 1 aromatic heterocycles.